The molecular weight excluding hydrogens is 475 g/mol. The van der Waals surface area contributed by atoms with Crippen LogP contribution >= 0.6 is 0 Å². The van der Waals surface area contributed by atoms with E-state index in [2.05, 4.69) is 26.4 Å². The lowest BCUT2D eigenvalue weighted by Crippen LogP contribution is -2.72. The number of hydrogen-bond acceptors (Lipinski definition) is 5. The van der Waals surface area contributed by atoms with E-state index in [0.717, 1.165) is 0 Å². The van der Waals surface area contributed by atoms with Crippen LogP contribution in [0.15, 0.2) is 0 Å². The summed E-state index contributed by atoms with van der Waals surface area (Å²) in [5.74, 6) is -53.5. The number of aromatic nitrogens is 3. The van der Waals surface area contributed by atoms with E-state index in [1.165, 1.54) is 0 Å². The third kappa shape index (κ3) is 3.19. The third-order valence-corrected chi connectivity index (χ3v) is 3.28. The highest BCUT2D eigenvalue weighted by Crippen LogP contribution is 2.63. The molecule has 1 aromatic heterocycles. The summed E-state index contributed by atoms with van der Waals surface area (Å²) < 4.78 is 196. The van der Waals surface area contributed by atoms with Crippen molar-refractivity contribution in [3.63, 3.8) is 0 Å². The van der Waals surface area contributed by atoms with Crippen molar-refractivity contribution in [3.8, 4) is 0 Å². The van der Waals surface area contributed by atoms with Crippen LogP contribution in [0, 0.1) is 0 Å². The Hall–Kier alpha value is -2.44. The minimum Gasteiger partial charge on any atom is -0.368 e. The van der Waals surface area contributed by atoms with Gasteiger partial charge in [0.2, 0.25) is 17.7 Å². The van der Waals surface area contributed by atoms with Crippen LogP contribution in [0.25, 0.3) is 0 Å². The second-order valence-corrected chi connectivity index (χ2v) is 5.32. The molecule has 1 heterocycles. The number of hydrogen-bond donors (Lipinski definition) is 2. The Morgan fingerprint density at radius 1 is 0.433 bits per heavy atom. The van der Waals surface area contributed by atoms with Gasteiger partial charge in [0.15, 0.2) is 0 Å². The Morgan fingerprint density at radius 3 is 1.07 bits per heavy atom. The zero-order valence-electron chi connectivity index (χ0n) is 13.2. The lowest BCUT2D eigenvalue weighted by atomic mass is 9.91. The molecule has 0 saturated heterocycles. The number of halogens is 15. The molecule has 0 aliphatic rings. The third-order valence-electron chi connectivity index (χ3n) is 3.28. The van der Waals surface area contributed by atoms with Gasteiger partial charge < -0.3 is 11.5 Å². The van der Waals surface area contributed by atoms with Gasteiger partial charge in [-0.2, -0.15) is 80.8 Å². The molecule has 5 nitrogen and oxygen atoms in total. The largest absolute Gasteiger partial charge is 0.460 e. The number of anilines is 2. The highest BCUT2D eigenvalue weighted by atomic mass is 19.4. The zero-order valence-corrected chi connectivity index (χ0v) is 13.2. The molecule has 0 aliphatic heterocycles. The molecule has 20 heteroatoms. The fourth-order valence-corrected chi connectivity index (χ4v) is 1.66. The molecule has 1 rings (SSSR count). The minimum absolute atomic E-state index is 1.49. The molecular formula is C10H4F15N5. The summed E-state index contributed by atoms with van der Waals surface area (Å²) in [5.41, 5.74) is 9.34. The van der Waals surface area contributed by atoms with Gasteiger partial charge in [0.25, 0.3) is 0 Å². The van der Waals surface area contributed by atoms with Crippen LogP contribution < -0.4 is 11.5 Å². The van der Waals surface area contributed by atoms with Crippen LogP contribution in [0.2, 0.25) is 0 Å². The van der Waals surface area contributed by atoms with Crippen molar-refractivity contribution in [1.82, 2.24) is 15.0 Å². The normalized spacial score (nSPS) is 15.4. The van der Waals surface area contributed by atoms with Crippen molar-refractivity contribution >= 4 is 11.9 Å². The van der Waals surface area contributed by atoms with Crippen molar-refractivity contribution in [2.75, 3.05) is 11.5 Å². The molecule has 0 fully saturated rings. The number of rotatable bonds is 6. The van der Waals surface area contributed by atoms with Crippen LogP contribution in [-0.2, 0) is 5.92 Å². The Morgan fingerprint density at radius 2 is 0.733 bits per heavy atom. The van der Waals surface area contributed by atoms with Crippen molar-refractivity contribution in [1.29, 1.82) is 0 Å². The van der Waals surface area contributed by atoms with E-state index in [1.807, 2.05) is 0 Å². The van der Waals surface area contributed by atoms with E-state index < -0.39 is 59.4 Å². The molecule has 1 aromatic rings. The topological polar surface area (TPSA) is 90.7 Å². The molecule has 0 atom stereocenters. The first-order valence-electron chi connectivity index (χ1n) is 6.50. The number of nitrogens with zero attached hydrogens (tertiary/aromatic N) is 3. The van der Waals surface area contributed by atoms with Gasteiger partial charge in [-0.15, -0.1) is 0 Å². The first-order valence-corrected chi connectivity index (χ1v) is 6.50. The van der Waals surface area contributed by atoms with Gasteiger partial charge in [-0.25, -0.2) is 0 Å². The molecule has 0 saturated carbocycles. The van der Waals surface area contributed by atoms with Gasteiger partial charge in [0, 0.05) is 0 Å². The van der Waals surface area contributed by atoms with Gasteiger partial charge in [-0.05, 0) is 0 Å². The minimum atomic E-state index is -8.41. The summed E-state index contributed by atoms with van der Waals surface area (Å²) >= 11 is 0. The predicted octanol–water partition coefficient (Wildman–Crippen LogP) is 3.87. The van der Waals surface area contributed by atoms with Gasteiger partial charge in [-0.3, -0.25) is 0 Å². The maximum Gasteiger partial charge on any atom is 0.460 e. The van der Waals surface area contributed by atoms with Crippen LogP contribution in [0.5, 0.6) is 0 Å². The quantitative estimate of drug-likeness (QED) is 0.605. The zero-order chi connectivity index (χ0) is 24.4. The van der Waals surface area contributed by atoms with Crippen molar-refractivity contribution in [3.05, 3.63) is 5.82 Å². The molecule has 174 valence electrons. The lowest BCUT2D eigenvalue weighted by Gasteiger charge is -2.41. The average molecular weight is 479 g/mol. The van der Waals surface area contributed by atoms with Crippen molar-refractivity contribution in [2.45, 2.75) is 41.7 Å². The van der Waals surface area contributed by atoms with E-state index in [0.29, 0.717) is 0 Å². The van der Waals surface area contributed by atoms with E-state index in [1.54, 1.807) is 0 Å². The summed E-state index contributed by atoms with van der Waals surface area (Å²) in [7, 11) is 0. The second kappa shape index (κ2) is 6.53. The molecule has 0 aliphatic carbocycles. The van der Waals surface area contributed by atoms with Gasteiger partial charge in [0.05, 0.1) is 0 Å². The summed E-state index contributed by atoms with van der Waals surface area (Å²) in [6, 6.07) is 0. The lowest BCUT2D eigenvalue weighted by molar-refractivity contribution is -0.454. The van der Waals surface area contributed by atoms with Crippen LogP contribution in [0.1, 0.15) is 5.82 Å². The van der Waals surface area contributed by atoms with Gasteiger partial charge >= 0.3 is 41.7 Å². The molecule has 0 radical (unpaired) electrons. The van der Waals surface area contributed by atoms with E-state index in [-0.39, 0.29) is 0 Å². The summed E-state index contributed by atoms with van der Waals surface area (Å²) in [6.45, 7) is 0. The smallest absolute Gasteiger partial charge is 0.368 e. The number of nitrogens with two attached hydrogens (primary N) is 2. The Kier molecular flexibility index (Phi) is 5.57. The molecule has 0 spiro atoms. The highest BCUT2D eigenvalue weighted by molar-refractivity contribution is 5.28. The van der Waals surface area contributed by atoms with Gasteiger partial charge in [0.1, 0.15) is 0 Å². The average Bonchev–Trinajstić information content (AvgIpc) is 2.51. The first kappa shape index (κ1) is 25.6. The van der Waals surface area contributed by atoms with E-state index in [4.69, 9.17) is 0 Å². The van der Waals surface area contributed by atoms with Crippen LogP contribution in [0.4, 0.5) is 77.8 Å². The SMILES string of the molecule is Nc1nc(N)nc(C(F)(F)C(F)(F)C(F)(F)C(F)(F)C(F)(F)C(F)(F)C(F)(F)F)n1. The van der Waals surface area contributed by atoms with Crippen molar-refractivity contribution in [2.24, 2.45) is 0 Å². The highest BCUT2D eigenvalue weighted by Gasteiger charge is 2.93. The van der Waals surface area contributed by atoms with Crippen LogP contribution in [-0.4, -0.2) is 50.7 Å². The van der Waals surface area contributed by atoms with Crippen LogP contribution in [0.3, 0.4) is 0 Å². The number of nitrogen functional groups attached to an aromatic ring is 2. The molecule has 4 N–H and O–H groups in total. The second-order valence-electron chi connectivity index (χ2n) is 5.32. The maximum atomic E-state index is 13.8. The predicted molar refractivity (Wildman–Crippen MR) is 63.3 cm³/mol. The Labute approximate surface area is 153 Å². The van der Waals surface area contributed by atoms with Crippen molar-refractivity contribution < 1.29 is 65.9 Å². The summed E-state index contributed by atoms with van der Waals surface area (Å²) in [6.07, 6.45) is -7.68. The van der Waals surface area contributed by atoms with Gasteiger partial charge in [-0.1, -0.05) is 0 Å². The molecule has 0 amide bonds. The summed E-state index contributed by atoms with van der Waals surface area (Å²) in [4.78, 5) is 7.05. The fourth-order valence-electron chi connectivity index (χ4n) is 1.66. The molecule has 30 heavy (non-hydrogen) atoms. The maximum absolute atomic E-state index is 13.8. The Balaban J connectivity index is 3.70. The fraction of sp³-hybridized carbons (Fsp3) is 0.700. The molecule has 0 aromatic carbocycles. The molecule has 0 unspecified atom stereocenters. The first-order chi connectivity index (χ1) is 12.9. The standard InChI is InChI=1S/C10H4F15N5/c11-4(12,1-28-2(26)30-3(27)29-1)5(13,14)6(15,16)7(17,18)8(19,20)9(21,22)10(23,24)25/h(H4,26,27,28,29,30). The number of alkyl halides is 15. The van der Waals surface area contributed by atoms with E-state index in [9.17, 15) is 65.9 Å². The summed E-state index contributed by atoms with van der Waals surface area (Å²) in [5, 5.41) is 0. The monoisotopic (exact) mass is 479 g/mol. The Bertz CT molecular complexity index is 781. The van der Waals surface area contributed by atoms with E-state index >= 15 is 0 Å². The molecule has 0 bridgehead atoms.